The Hall–Kier alpha value is -1.06. The number of nitrogens with one attached hydrogen (secondary N) is 2. The molecule has 3 amide bonds. The molecule has 0 spiro atoms. The predicted octanol–water partition coefficient (Wildman–Crippen LogP) is 2.83. The summed E-state index contributed by atoms with van der Waals surface area (Å²) < 4.78 is 0. The van der Waals surface area contributed by atoms with Crippen molar-refractivity contribution >= 4 is 11.9 Å². The van der Waals surface area contributed by atoms with Crippen LogP contribution in [-0.2, 0) is 4.79 Å². The quantitative estimate of drug-likeness (QED) is 0.761. The van der Waals surface area contributed by atoms with E-state index in [0.29, 0.717) is 5.92 Å². The molecule has 18 heavy (non-hydrogen) atoms. The largest absolute Gasteiger partial charge is 0.326 e. The first-order chi connectivity index (χ1) is 8.70. The smallest absolute Gasteiger partial charge is 0.322 e. The van der Waals surface area contributed by atoms with Gasteiger partial charge in [0.1, 0.15) is 6.04 Å². The summed E-state index contributed by atoms with van der Waals surface area (Å²) in [5.74, 6) is 1.05. The Balaban J connectivity index is 0.000000771. The van der Waals surface area contributed by atoms with Crippen molar-refractivity contribution in [1.29, 1.82) is 0 Å². The van der Waals surface area contributed by atoms with Crippen LogP contribution in [0, 0.1) is 11.8 Å². The monoisotopic (exact) mass is 254 g/mol. The van der Waals surface area contributed by atoms with E-state index in [4.69, 9.17) is 0 Å². The first kappa shape index (κ1) is 15.0. The van der Waals surface area contributed by atoms with E-state index in [1.807, 2.05) is 13.8 Å². The summed E-state index contributed by atoms with van der Waals surface area (Å²) in [5.41, 5.74) is 0. The molecule has 1 aliphatic heterocycles. The van der Waals surface area contributed by atoms with Crippen LogP contribution >= 0.6 is 0 Å². The van der Waals surface area contributed by atoms with Crippen LogP contribution in [0.3, 0.4) is 0 Å². The molecule has 0 aromatic carbocycles. The molecule has 0 bridgehead atoms. The molecule has 1 atom stereocenters. The van der Waals surface area contributed by atoms with Crippen LogP contribution in [0.2, 0.25) is 0 Å². The third kappa shape index (κ3) is 3.72. The molecule has 2 aliphatic rings. The Kier molecular flexibility index (Phi) is 6.16. The minimum absolute atomic E-state index is 0.135. The average Bonchev–Trinajstić information content (AvgIpc) is 2.72. The molecule has 1 saturated carbocycles. The molecule has 2 fully saturated rings. The molecule has 0 aromatic rings. The third-order valence-corrected chi connectivity index (χ3v) is 3.87. The maximum absolute atomic E-state index is 11.5. The summed E-state index contributed by atoms with van der Waals surface area (Å²) in [6, 6.07) is -0.597. The number of carbonyl (C=O) groups excluding carboxylic acids is 2. The highest BCUT2D eigenvalue weighted by Gasteiger charge is 2.37. The highest BCUT2D eigenvalue weighted by molar-refractivity contribution is 6.04. The van der Waals surface area contributed by atoms with E-state index in [2.05, 4.69) is 17.6 Å². The number of carbonyl (C=O) groups is 2. The van der Waals surface area contributed by atoms with Crippen LogP contribution in [0.1, 0.15) is 59.3 Å². The highest BCUT2D eigenvalue weighted by atomic mass is 16.2. The molecule has 2 N–H and O–H groups in total. The number of rotatable bonds is 3. The van der Waals surface area contributed by atoms with Crippen LogP contribution in [0.4, 0.5) is 4.79 Å². The van der Waals surface area contributed by atoms with Gasteiger partial charge in [-0.2, -0.15) is 0 Å². The lowest BCUT2D eigenvalue weighted by Gasteiger charge is -2.30. The van der Waals surface area contributed by atoms with Crippen LogP contribution < -0.4 is 10.6 Å². The first-order valence-corrected chi connectivity index (χ1v) is 7.32. The summed E-state index contributed by atoms with van der Waals surface area (Å²) in [6.07, 6.45) is 7.11. The molecular formula is C14H26N2O2. The van der Waals surface area contributed by atoms with Gasteiger partial charge >= 0.3 is 6.03 Å². The molecule has 4 heteroatoms. The first-order valence-electron chi connectivity index (χ1n) is 7.32. The van der Waals surface area contributed by atoms with E-state index in [0.717, 1.165) is 18.8 Å². The number of amides is 3. The molecule has 1 aliphatic carbocycles. The lowest BCUT2D eigenvalue weighted by Crippen LogP contribution is -2.38. The number of urea groups is 1. The fourth-order valence-corrected chi connectivity index (χ4v) is 2.98. The molecule has 1 unspecified atom stereocenters. The number of imide groups is 1. The zero-order chi connectivity index (χ0) is 13.5. The third-order valence-electron chi connectivity index (χ3n) is 3.87. The van der Waals surface area contributed by atoms with Gasteiger partial charge < -0.3 is 5.32 Å². The van der Waals surface area contributed by atoms with Gasteiger partial charge in [-0.25, -0.2) is 4.79 Å². The van der Waals surface area contributed by atoms with Crippen molar-refractivity contribution in [3.63, 3.8) is 0 Å². The minimum atomic E-state index is -0.328. The van der Waals surface area contributed by atoms with E-state index in [9.17, 15) is 9.59 Å². The van der Waals surface area contributed by atoms with Gasteiger partial charge in [-0.1, -0.05) is 46.5 Å². The normalized spacial score (nSPS) is 31.2. The molecule has 0 aromatic heterocycles. The van der Waals surface area contributed by atoms with Crippen molar-refractivity contribution in [1.82, 2.24) is 10.6 Å². The zero-order valence-electron chi connectivity index (χ0n) is 11.8. The fourth-order valence-electron chi connectivity index (χ4n) is 2.98. The van der Waals surface area contributed by atoms with Gasteiger partial charge in [0, 0.05) is 0 Å². The second-order valence-electron chi connectivity index (χ2n) is 5.01. The number of hydrogen-bond acceptors (Lipinski definition) is 2. The Morgan fingerprint density at radius 2 is 1.72 bits per heavy atom. The Morgan fingerprint density at radius 1 is 1.11 bits per heavy atom. The summed E-state index contributed by atoms with van der Waals surface area (Å²) in [4.78, 5) is 22.5. The van der Waals surface area contributed by atoms with Crippen LogP contribution in [-0.4, -0.2) is 18.0 Å². The van der Waals surface area contributed by atoms with Crippen molar-refractivity contribution in [3.05, 3.63) is 0 Å². The lowest BCUT2D eigenvalue weighted by atomic mass is 9.77. The molecule has 1 heterocycles. The maximum atomic E-state index is 11.5. The van der Waals surface area contributed by atoms with Crippen molar-refractivity contribution in [2.24, 2.45) is 11.8 Å². The van der Waals surface area contributed by atoms with Gasteiger partial charge in [0.15, 0.2) is 0 Å². The molecular weight excluding hydrogens is 228 g/mol. The van der Waals surface area contributed by atoms with Crippen molar-refractivity contribution < 1.29 is 9.59 Å². The van der Waals surface area contributed by atoms with Crippen molar-refractivity contribution in [2.75, 3.05) is 0 Å². The molecule has 1 saturated heterocycles. The number of hydrogen-bond donors (Lipinski definition) is 2. The Morgan fingerprint density at radius 3 is 2.17 bits per heavy atom. The molecule has 2 rings (SSSR count). The topological polar surface area (TPSA) is 58.2 Å². The van der Waals surface area contributed by atoms with Crippen molar-refractivity contribution in [2.45, 2.75) is 65.3 Å². The minimum Gasteiger partial charge on any atom is -0.326 e. The SMILES string of the molecule is CC.CCCC1CCC(C2NC(=O)NC2=O)CC1. The summed E-state index contributed by atoms with van der Waals surface area (Å²) in [7, 11) is 0. The zero-order valence-corrected chi connectivity index (χ0v) is 11.8. The second-order valence-corrected chi connectivity index (χ2v) is 5.01. The summed E-state index contributed by atoms with van der Waals surface area (Å²) >= 11 is 0. The van der Waals surface area contributed by atoms with Gasteiger partial charge in [0.25, 0.3) is 5.91 Å². The molecule has 0 radical (unpaired) electrons. The van der Waals surface area contributed by atoms with E-state index in [-0.39, 0.29) is 18.0 Å². The fraction of sp³-hybridized carbons (Fsp3) is 0.857. The molecule has 104 valence electrons. The van der Waals surface area contributed by atoms with Gasteiger partial charge in [0.05, 0.1) is 0 Å². The average molecular weight is 254 g/mol. The van der Waals surface area contributed by atoms with Crippen LogP contribution in [0.5, 0.6) is 0 Å². The van der Waals surface area contributed by atoms with E-state index in [1.54, 1.807) is 0 Å². The summed E-state index contributed by atoms with van der Waals surface area (Å²) in [5, 5.41) is 5.03. The maximum Gasteiger partial charge on any atom is 0.322 e. The van der Waals surface area contributed by atoms with Crippen LogP contribution in [0.15, 0.2) is 0 Å². The van der Waals surface area contributed by atoms with Gasteiger partial charge in [-0.3, -0.25) is 10.1 Å². The van der Waals surface area contributed by atoms with Crippen molar-refractivity contribution in [3.8, 4) is 0 Å². The standard InChI is InChI=1S/C12H20N2O2.C2H6/c1-2-3-8-4-6-9(7-5-8)10-11(15)14-12(16)13-10;1-2/h8-10H,2-7H2,1H3,(H2,13,14,15,16);1-2H3. The van der Waals surface area contributed by atoms with E-state index >= 15 is 0 Å². The Bertz CT molecular complexity index is 284. The molecule has 4 nitrogen and oxygen atoms in total. The Labute approximate surface area is 110 Å². The van der Waals surface area contributed by atoms with Gasteiger partial charge in [0.2, 0.25) is 0 Å². The van der Waals surface area contributed by atoms with Gasteiger partial charge in [-0.15, -0.1) is 0 Å². The van der Waals surface area contributed by atoms with E-state index < -0.39 is 0 Å². The van der Waals surface area contributed by atoms with E-state index in [1.165, 1.54) is 25.7 Å². The highest BCUT2D eigenvalue weighted by Crippen LogP contribution is 2.33. The second kappa shape index (κ2) is 7.39. The predicted molar refractivity (Wildman–Crippen MR) is 72.2 cm³/mol. The lowest BCUT2D eigenvalue weighted by molar-refractivity contribution is -0.121. The summed E-state index contributed by atoms with van der Waals surface area (Å²) in [6.45, 7) is 6.22. The van der Waals surface area contributed by atoms with Gasteiger partial charge in [-0.05, 0) is 24.7 Å². The van der Waals surface area contributed by atoms with Crippen LogP contribution in [0.25, 0.3) is 0 Å².